The van der Waals surface area contributed by atoms with E-state index in [1.54, 1.807) is 17.9 Å². The minimum absolute atomic E-state index is 0.0517. The van der Waals surface area contributed by atoms with Gasteiger partial charge >= 0.3 is 0 Å². The summed E-state index contributed by atoms with van der Waals surface area (Å²) in [5.41, 5.74) is 2.73. The van der Waals surface area contributed by atoms with E-state index < -0.39 is 0 Å². The van der Waals surface area contributed by atoms with E-state index in [4.69, 9.17) is 0 Å². The zero-order valence-electron chi connectivity index (χ0n) is 9.87. The first kappa shape index (κ1) is 12.3. The minimum atomic E-state index is 0.0517. The second-order valence-electron chi connectivity index (χ2n) is 4.34. The normalized spacial score (nSPS) is 18.1. The van der Waals surface area contributed by atoms with Crippen molar-refractivity contribution in [3.8, 4) is 0 Å². The highest BCUT2D eigenvalue weighted by Gasteiger charge is 2.29. The van der Waals surface area contributed by atoms with E-state index in [0.29, 0.717) is 10.9 Å². The lowest BCUT2D eigenvalue weighted by Crippen LogP contribution is -2.33. The highest BCUT2D eigenvalue weighted by Crippen LogP contribution is 2.32. The summed E-state index contributed by atoms with van der Waals surface area (Å²) in [5.74, 6) is 0.123. The van der Waals surface area contributed by atoms with Gasteiger partial charge < -0.3 is 4.90 Å². The molecule has 0 fully saturated rings. The molecular weight excluding hydrogens is 282 g/mol. The molecule has 0 saturated carbocycles. The zero-order chi connectivity index (χ0) is 12.6. The van der Waals surface area contributed by atoms with Crippen LogP contribution >= 0.6 is 15.9 Å². The minimum Gasteiger partial charge on any atom is -0.309 e. The van der Waals surface area contributed by atoms with Gasteiger partial charge in [-0.2, -0.15) is 0 Å². The number of hydrogen-bond acceptors (Lipinski definition) is 2. The van der Waals surface area contributed by atoms with E-state index in [0.717, 1.165) is 17.7 Å². The predicted octanol–water partition coefficient (Wildman–Crippen LogP) is 2.56. The van der Waals surface area contributed by atoms with Crippen LogP contribution in [-0.4, -0.2) is 23.1 Å². The van der Waals surface area contributed by atoms with Gasteiger partial charge in [0.2, 0.25) is 5.91 Å². The summed E-state index contributed by atoms with van der Waals surface area (Å²) in [6.07, 6.45) is 0.818. The quantitative estimate of drug-likeness (QED) is 0.621. The fourth-order valence-corrected chi connectivity index (χ4v) is 2.69. The Bertz CT molecular complexity index is 484. The van der Waals surface area contributed by atoms with Crippen LogP contribution in [-0.2, 0) is 11.2 Å². The maximum absolute atomic E-state index is 11.6. The van der Waals surface area contributed by atoms with Crippen LogP contribution in [0.25, 0.3) is 0 Å². The number of halogens is 1. The Labute approximate surface area is 109 Å². The number of alkyl halides is 1. The van der Waals surface area contributed by atoms with E-state index in [2.05, 4.69) is 15.9 Å². The Morgan fingerprint density at radius 2 is 2.18 bits per heavy atom. The van der Waals surface area contributed by atoms with E-state index >= 15 is 0 Å². The monoisotopic (exact) mass is 295 g/mol. The van der Waals surface area contributed by atoms with E-state index in [-0.39, 0.29) is 17.7 Å². The van der Waals surface area contributed by atoms with Gasteiger partial charge in [0.1, 0.15) is 0 Å². The van der Waals surface area contributed by atoms with Crippen molar-refractivity contribution in [2.24, 2.45) is 0 Å². The Morgan fingerprint density at radius 1 is 1.47 bits per heavy atom. The smallest absolute Gasteiger partial charge is 0.224 e. The van der Waals surface area contributed by atoms with Crippen molar-refractivity contribution in [1.82, 2.24) is 0 Å². The summed E-state index contributed by atoms with van der Waals surface area (Å²) in [7, 11) is 0. The average molecular weight is 296 g/mol. The predicted molar refractivity (Wildman–Crippen MR) is 70.9 cm³/mol. The molecule has 0 radical (unpaired) electrons. The summed E-state index contributed by atoms with van der Waals surface area (Å²) < 4.78 is 0. The summed E-state index contributed by atoms with van der Waals surface area (Å²) in [4.78, 5) is 24.9. The molecule has 0 spiro atoms. The Kier molecular flexibility index (Phi) is 3.33. The molecule has 4 heteroatoms. The van der Waals surface area contributed by atoms with Crippen LogP contribution in [0.15, 0.2) is 18.2 Å². The van der Waals surface area contributed by atoms with E-state index in [1.807, 2.05) is 19.1 Å². The lowest BCUT2D eigenvalue weighted by atomic mass is 10.1. The number of fused-ring (bicyclic) bond motifs is 1. The number of amides is 1. The van der Waals surface area contributed by atoms with Gasteiger partial charge in [-0.25, -0.2) is 0 Å². The summed E-state index contributed by atoms with van der Waals surface area (Å²) in [6.45, 7) is 3.59. The van der Waals surface area contributed by atoms with Crippen molar-refractivity contribution in [1.29, 1.82) is 0 Å². The molecule has 1 aromatic rings. The molecule has 1 heterocycles. The number of rotatable bonds is 2. The van der Waals surface area contributed by atoms with Crippen LogP contribution < -0.4 is 4.90 Å². The molecule has 0 N–H and O–H groups in total. The Morgan fingerprint density at radius 3 is 2.76 bits per heavy atom. The number of nitrogens with zero attached hydrogens (tertiary/aromatic N) is 1. The molecule has 1 atom stereocenters. The summed E-state index contributed by atoms with van der Waals surface area (Å²) >= 11 is 3.16. The van der Waals surface area contributed by atoms with Crippen LogP contribution in [0, 0.1) is 0 Å². The third kappa shape index (κ3) is 2.14. The molecule has 1 unspecified atom stereocenters. The lowest BCUT2D eigenvalue weighted by molar-refractivity contribution is -0.116. The maximum atomic E-state index is 11.6. The van der Waals surface area contributed by atoms with Gasteiger partial charge in [0, 0.05) is 24.2 Å². The molecule has 1 aliphatic heterocycles. The second kappa shape index (κ2) is 4.61. The fourth-order valence-electron chi connectivity index (χ4n) is 2.36. The third-order valence-corrected chi connectivity index (χ3v) is 3.59. The number of hydrogen-bond donors (Lipinski definition) is 0. The highest BCUT2D eigenvalue weighted by atomic mass is 79.9. The van der Waals surface area contributed by atoms with Gasteiger partial charge in [0.25, 0.3) is 0 Å². The summed E-state index contributed by atoms with van der Waals surface area (Å²) in [6, 6.07) is 5.74. The number of ketones is 1. The molecule has 3 nitrogen and oxygen atoms in total. The zero-order valence-corrected chi connectivity index (χ0v) is 11.5. The van der Waals surface area contributed by atoms with Crippen molar-refractivity contribution in [3.63, 3.8) is 0 Å². The van der Waals surface area contributed by atoms with Crippen LogP contribution in [0.4, 0.5) is 5.69 Å². The van der Waals surface area contributed by atoms with E-state index in [9.17, 15) is 9.59 Å². The molecule has 1 aromatic carbocycles. The number of Topliss-reactive ketones (excluding diaryl/α,β-unsaturated/α-hetero) is 1. The third-order valence-electron chi connectivity index (χ3n) is 3.08. The van der Waals surface area contributed by atoms with Crippen molar-refractivity contribution >= 4 is 33.3 Å². The second-order valence-corrected chi connectivity index (χ2v) is 4.90. The van der Waals surface area contributed by atoms with Crippen molar-refractivity contribution in [3.05, 3.63) is 29.3 Å². The first-order chi connectivity index (χ1) is 8.04. The van der Waals surface area contributed by atoms with Crippen LogP contribution in [0.2, 0.25) is 0 Å². The van der Waals surface area contributed by atoms with Gasteiger partial charge in [-0.05, 0) is 37.1 Å². The van der Waals surface area contributed by atoms with Gasteiger partial charge in [-0.3, -0.25) is 9.59 Å². The molecule has 2 rings (SSSR count). The number of benzene rings is 1. The first-order valence-corrected chi connectivity index (χ1v) is 6.68. The molecule has 1 aliphatic rings. The van der Waals surface area contributed by atoms with Gasteiger partial charge in [-0.15, -0.1) is 0 Å². The lowest BCUT2D eigenvalue weighted by Gasteiger charge is -2.20. The van der Waals surface area contributed by atoms with Crippen LogP contribution in [0.1, 0.15) is 29.8 Å². The molecule has 0 bridgehead atoms. The molecule has 1 amide bonds. The summed E-state index contributed by atoms with van der Waals surface area (Å²) in [5, 5.41) is 0.331. The average Bonchev–Trinajstić information content (AvgIpc) is 2.62. The standard InChI is InChI=1S/C13H14BrNO2/c1-8-5-11-6-10(13(17)7-14)3-4-12(11)15(8)9(2)16/h3-4,6,8H,5,7H2,1-2H3. The number of carbonyl (C=O) groups is 2. The van der Waals surface area contributed by atoms with Crippen LogP contribution in [0.5, 0.6) is 0 Å². The van der Waals surface area contributed by atoms with Crippen molar-refractivity contribution < 1.29 is 9.59 Å². The molecule has 0 saturated heterocycles. The molecule has 0 aliphatic carbocycles. The molecule has 17 heavy (non-hydrogen) atoms. The maximum Gasteiger partial charge on any atom is 0.224 e. The van der Waals surface area contributed by atoms with Crippen LogP contribution in [0.3, 0.4) is 0 Å². The molecule has 0 aromatic heterocycles. The number of carbonyl (C=O) groups excluding carboxylic acids is 2. The SMILES string of the molecule is CC(=O)N1c2ccc(C(=O)CBr)cc2CC1C. The Hall–Kier alpha value is -1.16. The molecular formula is C13H14BrNO2. The van der Waals surface area contributed by atoms with E-state index in [1.165, 1.54) is 0 Å². The largest absolute Gasteiger partial charge is 0.309 e. The topological polar surface area (TPSA) is 37.4 Å². The molecule has 90 valence electrons. The van der Waals surface area contributed by atoms with Gasteiger partial charge in [0.15, 0.2) is 5.78 Å². The van der Waals surface area contributed by atoms with Gasteiger partial charge in [0.05, 0.1) is 5.33 Å². The van der Waals surface area contributed by atoms with Gasteiger partial charge in [-0.1, -0.05) is 15.9 Å². The van der Waals surface area contributed by atoms with Crippen molar-refractivity contribution in [2.75, 3.05) is 10.2 Å². The highest BCUT2D eigenvalue weighted by molar-refractivity contribution is 9.09. The van der Waals surface area contributed by atoms with Crippen molar-refractivity contribution in [2.45, 2.75) is 26.3 Å². The first-order valence-electron chi connectivity index (χ1n) is 5.56. The Balaban J connectivity index is 2.41. The fraction of sp³-hybridized carbons (Fsp3) is 0.385. The number of anilines is 1.